The molecule has 1 aromatic rings. The molecule has 2 rings (SSSR count). The number of hydrogen-bond donors (Lipinski definition) is 1. The Bertz CT molecular complexity index is 306. The molecule has 0 bridgehead atoms. The average molecular weight is 255 g/mol. The quantitative estimate of drug-likeness (QED) is 0.885. The number of rotatable bonds is 4. The van der Waals surface area contributed by atoms with Gasteiger partial charge in [-0.2, -0.15) is 11.8 Å². The number of thiophene rings is 1. The van der Waals surface area contributed by atoms with Crippen LogP contribution in [0, 0.1) is 5.41 Å². The maximum Gasteiger partial charge on any atom is 0.0163 e. The fourth-order valence-corrected chi connectivity index (χ4v) is 4.27. The minimum Gasteiger partial charge on any atom is -0.313 e. The number of thioether (sulfide) groups is 1. The van der Waals surface area contributed by atoms with Gasteiger partial charge in [0.05, 0.1) is 0 Å². The molecule has 1 aromatic heterocycles. The van der Waals surface area contributed by atoms with Crippen molar-refractivity contribution < 1.29 is 0 Å². The molecule has 0 amide bonds. The molecule has 0 spiro atoms. The van der Waals surface area contributed by atoms with Crippen molar-refractivity contribution in [3.05, 3.63) is 22.4 Å². The van der Waals surface area contributed by atoms with Gasteiger partial charge in [0, 0.05) is 23.2 Å². The van der Waals surface area contributed by atoms with E-state index in [1.165, 1.54) is 29.2 Å². The third-order valence-electron chi connectivity index (χ3n) is 3.00. The van der Waals surface area contributed by atoms with E-state index in [1.807, 2.05) is 11.3 Å². The van der Waals surface area contributed by atoms with Gasteiger partial charge in [-0.3, -0.25) is 0 Å². The van der Waals surface area contributed by atoms with Crippen molar-refractivity contribution in [3.8, 4) is 0 Å². The molecule has 0 saturated carbocycles. The molecule has 2 heterocycles. The smallest absolute Gasteiger partial charge is 0.0163 e. The third kappa shape index (κ3) is 3.79. The maximum atomic E-state index is 3.70. The zero-order valence-electron chi connectivity index (χ0n) is 10.2. The largest absolute Gasteiger partial charge is 0.313 e. The van der Waals surface area contributed by atoms with E-state index in [4.69, 9.17) is 0 Å². The lowest BCUT2D eigenvalue weighted by Gasteiger charge is -2.35. The van der Waals surface area contributed by atoms with Gasteiger partial charge in [-0.1, -0.05) is 19.9 Å². The number of nitrogens with one attached hydrogen (secondary N) is 1. The van der Waals surface area contributed by atoms with Crippen LogP contribution in [0.25, 0.3) is 0 Å². The molecule has 0 aliphatic carbocycles. The van der Waals surface area contributed by atoms with Crippen LogP contribution in [-0.2, 0) is 6.42 Å². The van der Waals surface area contributed by atoms with Gasteiger partial charge in [-0.05, 0) is 35.5 Å². The average Bonchev–Trinajstić information content (AvgIpc) is 2.69. The second-order valence-corrected chi connectivity index (χ2v) is 7.43. The second-order valence-electron chi connectivity index (χ2n) is 5.36. The first-order chi connectivity index (χ1) is 7.66. The van der Waals surface area contributed by atoms with E-state index in [0.717, 1.165) is 6.54 Å². The Labute approximate surface area is 107 Å². The monoisotopic (exact) mass is 255 g/mol. The van der Waals surface area contributed by atoms with Crippen LogP contribution >= 0.6 is 23.1 Å². The SMILES string of the molecule is CC1(C)CSCC(NCCc2cccs2)C1. The lowest BCUT2D eigenvalue weighted by atomic mass is 9.88. The molecule has 1 fully saturated rings. The summed E-state index contributed by atoms with van der Waals surface area (Å²) >= 11 is 3.96. The lowest BCUT2D eigenvalue weighted by molar-refractivity contribution is 0.319. The van der Waals surface area contributed by atoms with Crippen LogP contribution in [0.4, 0.5) is 0 Å². The van der Waals surface area contributed by atoms with E-state index < -0.39 is 0 Å². The van der Waals surface area contributed by atoms with Crippen LogP contribution in [0.15, 0.2) is 17.5 Å². The molecular formula is C13H21NS2. The van der Waals surface area contributed by atoms with Crippen molar-refractivity contribution in [2.75, 3.05) is 18.1 Å². The summed E-state index contributed by atoms with van der Waals surface area (Å²) in [5.41, 5.74) is 0.517. The molecule has 1 saturated heterocycles. The summed E-state index contributed by atoms with van der Waals surface area (Å²) in [5.74, 6) is 2.60. The molecule has 1 N–H and O–H groups in total. The molecular weight excluding hydrogens is 234 g/mol. The standard InChI is InChI=1S/C13H21NS2/c1-13(2)8-11(9-15-10-13)14-6-5-12-4-3-7-16-12/h3-4,7,11,14H,5-6,8-10H2,1-2H3. The highest BCUT2D eigenvalue weighted by Crippen LogP contribution is 2.33. The van der Waals surface area contributed by atoms with Crippen molar-refractivity contribution in [2.45, 2.75) is 32.7 Å². The minimum absolute atomic E-state index is 0.517. The normalized spacial score (nSPS) is 24.5. The van der Waals surface area contributed by atoms with Crippen LogP contribution in [-0.4, -0.2) is 24.1 Å². The third-order valence-corrected chi connectivity index (χ3v) is 5.56. The highest BCUT2D eigenvalue weighted by Gasteiger charge is 2.27. The molecule has 16 heavy (non-hydrogen) atoms. The van der Waals surface area contributed by atoms with Crippen molar-refractivity contribution in [1.82, 2.24) is 5.32 Å². The fourth-order valence-electron chi connectivity index (χ4n) is 2.25. The van der Waals surface area contributed by atoms with Gasteiger partial charge in [0.25, 0.3) is 0 Å². The first kappa shape index (κ1) is 12.5. The van der Waals surface area contributed by atoms with Crippen LogP contribution in [0.2, 0.25) is 0 Å². The van der Waals surface area contributed by atoms with Gasteiger partial charge in [0.2, 0.25) is 0 Å². The Hall–Kier alpha value is 0.01000. The predicted octanol–water partition coefficient (Wildman–Crippen LogP) is 3.41. The van der Waals surface area contributed by atoms with Crippen molar-refractivity contribution in [1.29, 1.82) is 0 Å². The van der Waals surface area contributed by atoms with E-state index >= 15 is 0 Å². The van der Waals surface area contributed by atoms with Gasteiger partial charge in [-0.25, -0.2) is 0 Å². The molecule has 0 radical (unpaired) electrons. The first-order valence-corrected chi connectivity index (χ1v) is 8.03. The first-order valence-electron chi connectivity index (χ1n) is 5.99. The molecule has 0 aromatic carbocycles. The molecule has 1 unspecified atom stereocenters. The molecule has 1 aliphatic heterocycles. The Morgan fingerprint density at radius 2 is 2.38 bits per heavy atom. The second kappa shape index (κ2) is 5.56. The van der Waals surface area contributed by atoms with E-state index in [-0.39, 0.29) is 0 Å². The van der Waals surface area contributed by atoms with Gasteiger partial charge in [-0.15, -0.1) is 11.3 Å². The molecule has 1 aliphatic rings. The molecule has 1 atom stereocenters. The Balaban J connectivity index is 1.70. The highest BCUT2D eigenvalue weighted by atomic mass is 32.2. The van der Waals surface area contributed by atoms with Gasteiger partial charge in [0.15, 0.2) is 0 Å². The zero-order valence-corrected chi connectivity index (χ0v) is 11.8. The van der Waals surface area contributed by atoms with E-state index in [2.05, 4.69) is 48.4 Å². The van der Waals surface area contributed by atoms with E-state index in [9.17, 15) is 0 Å². The van der Waals surface area contributed by atoms with Crippen molar-refractivity contribution in [3.63, 3.8) is 0 Å². The summed E-state index contributed by atoms with van der Waals surface area (Å²) in [6.45, 7) is 5.89. The maximum absolute atomic E-state index is 3.70. The molecule has 3 heteroatoms. The minimum atomic E-state index is 0.517. The fraction of sp³-hybridized carbons (Fsp3) is 0.692. The van der Waals surface area contributed by atoms with Gasteiger partial charge < -0.3 is 5.32 Å². The summed E-state index contributed by atoms with van der Waals surface area (Å²) in [6.07, 6.45) is 2.50. The summed E-state index contributed by atoms with van der Waals surface area (Å²) in [7, 11) is 0. The summed E-state index contributed by atoms with van der Waals surface area (Å²) in [6, 6.07) is 5.08. The Kier molecular flexibility index (Phi) is 4.34. The lowest BCUT2D eigenvalue weighted by Crippen LogP contribution is -2.41. The summed E-state index contributed by atoms with van der Waals surface area (Å²) < 4.78 is 0. The zero-order chi connectivity index (χ0) is 11.4. The van der Waals surface area contributed by atoms with E-state index in [0.29, 0.717) is 11.5 Å². The van der Waals surface area contributed by atoms with Gasteiger partial charge >= 0.3 is 0 Å². The number of hydrogen-bond acceptors (Lipinski definition) is 3. The topological polar surface area (TPSA) is 12.0 Å². The van der Waals surface area contributed by atoms with Gasteiger partial charge in [0.1, 0.15) is 0 Å². The predicted molar refractivity (Wildman–Crippen MR) is 75.5 cm³/mol. The summed E-state index contributed by atoms with van der Waals surface area (Å²) in [4.78, 5) is 1.50. The molecule has 1 nitrogen and oxygen atoms in total. The van der Waals surface area contributed by atoms with Crippen LogP contribution in [0.5, 0.6) is 0 Å². The van der Waals surface area contributed by atoms with Crippen molar-refractivity contribution >= 4 is 23.1 Å². The highest BCUT2D eigenvalue weighted by molar-refractivity contribution is 7.99. The van der Waals surface area contributed by atoms with E-state index in [1.54, 1.807) is 0 Å². The van der Waals surface area contributed by atoms with Crippen LogP contribution < -0.4 is 5.32 Å². The summed E-state index contributed by atoms with van der Waals surface area (Å²) in [5, 5.41) is 5.86. The Morgan fingerprint density at radius 3 is 3.06 bits per heavy atom. The van der Waals surface area contributed by atoms with Crippen LogP contribution in [0.3, 0.4) is 0 Å². The Morgan fingerprint density at radius 1 is 1.50 bits per heavy atom. The van der Waals surface area contributed by atoms with Crippen LogP contribution in [0.1, 0.15) is 25.1 Å². The molecule has 90 valence electrons. The van der Waals surface area contributed by atoms with Crippen molar-refractivity contribution in [2.24, 2.45) is 5.41 Å².